The molecule has 0 radical (unpaired) electrons. The highest BCUT2D eigenvalue weighted by Crippen LogP contribution is 2.28. The highest BCUT2D eigenvalue weighted by molar-refractivity contribution is 5.78. The first kappa shape index (κ1) is 12.3. The Bertz CT molecular complexity index is 701. The molecule has 0 spiro atoms. The zero-order chi connectivity index (χ0) is 13.9. The second-order valence-electron chi connectivity index (χ2n) is 4.54. The Kier molecular flexibility index (Phi) is 3.13. The lowest BCUT2D eigenvalue weighted by Gasteiger charge is -2.15. The van der Waals surface area contributed by atoms with E-state index in [1.54, 1.807) is 0 Å². The van der Waals surface area contributed by atoms with Gasteiger partial charge in [-0.25, -0.2) is 4.79 Å². The molecule has 3 rings (SSSR count). The standard InChI is InChI=1S/C16H14N2O2/c17-16(19)18-15(11-6-2-1-3-7-11)14-10-12-8-4-5-9-13(12)20-14/h1-10,15H,(H3,17,18,19)/t15-/m0/s1. The maximum Gasteiger partial charge on any atom is 0.313 e. The number of nitrogens with one attached hydrogen (secondary N) is 1. The molecule has 0 bridgehead atoms. The largest absolute Gasteiger partial charge is 0.459 e. The molecule has 3 N–H and O–H groups in total. The molecular formula is C16H14N2O2. The summed E-state index contributed by atoms with van der Waals surface area (Å²) in [6.07, 6.45) is 0. The van der Waals surface area contributed by atoms with Gasteiger partial charge in [-0.05, 0) is 17.7 Å². The Labute approximate surface area is 116 Å². The average Bonchev–Trinajstić information content (AvgIpc) is 2.89. The average molecular weight is 266 g/mol. The van der Waals surface area contributed by atoms with E-state index in [4.69, 9.17) is 10.2 Å². The second kappa shape index (κ2) is 5.09. The van der Waals surface area contributed by atoms with Crippen molar-refractivity contribution in [1.29, 1.82) is 0 Å². The molecule has 100 valence electrons. The second-order valence-corrected chi connectivity index (χ2v) is 4.54. The van der Waals surface area contributed by atoms with Crippen LogP contribution in [0.5, 0.6) is 0 Å². The molecule has 0 aliphatic rings. The van der Waals surface area contributed by atoms with Gasteiger partial charge in [-0.3, -0.25) is 0 Å². The van der Waals surface area contributed by atoms with Crippen LogP contribution >= 0.6 is 0 Å². The number of fused-ring (bicyclic) bond motifs is 1. The summed E-state index contributed by atoms with van der Waals surface area (Å²) < 4.78 is 5.82. The minimum Gasteiger partial charge on any atom is -0.459 e. The van der Waals surface area contributed by atoms with Gasteiger partial charge in [0.2, 0.25) is 0 Å². The summed E-state index contributed by atoms with van der Waals surface area (Å²) in [5.41, 5.74) is 6.98. The molecule has 20 heavy (non-hydrogen) atoms. The number of para-hydroxylation sites is 1. The number of primary amides is 1. The van der Waals surface area contributed by atoms with E-state index >= 15 is 0 Å². The van der Waals surface area contributed by atoms with Crippen LogP contribution in [-0.2, 0) is 0 Å². The number of urea groups is 1. The first-order valence-corrected chi connectivity index (χ1v) is 6.33. The zero-order valence-corrected chi connectivity index (χ0v) is 10.7. The number of hydrogen-bond donors (Lipinski definition) is 2. The smallest absolute Gasteiger partial charge is 0.313 e. The molecule has 1 aromatic heterocycles. The van der Waals surface area contributed by atoms with Crippen LogP contribution < -0.4 is 11.1 Å². The summed E-state index contributed by atoms with van der Waals surface area (Å²) in [4.78, 5) is 11.2. The summed E-state index contributed by atoms with van der Waals surface area (Å²) in [6.45, 7) is 0. The van der Waals surface area contributed by atoms with Crippen molar-refractivity contribution in [2.45, 2.75) is 6.04 Å². The van der Waals surface area contributed by atoms with Gasteiger partial charge in [-0.15, -0.1) is 0 Å². The van der Waals surface area contributed by atoms with E-state index in [1.165, 1.54) is 0 Å². The van der Waals surface area contributed by atoms with E-state index in [0.717, 1.165) is 16.5 Å². The fourth-order valence-electron chi connectivity index (χ4n) is 2.25. The number of carbonyl (C=O) groups is 1. The van der Waals surface area contributed by atoms with Gasteiger partial charge in [-0.1, -0.05) is 48.5 Å². The highest BCUT2D eigenvalue weighted by atomic mass is 16.3. The van der Waals surface area contributed by atoms with E-state index in [-0.39, 0.29) is 6.04 Å². The molecule has 1 atom stereocenters. The number of rotatable bonds is 3. The zero-order valence-electron chi connectivity index (χ0n) is 10.7. The molecule has 4 heteroatoms. The highest BCUT2D eigenvalue weighted by Gasteiger charge is 2.19. The summed E-state index contributed by atoms with van der Waals surface area (Å²) in [7, 11) is 0. The summed E-state index contributed by atoms with van der Waals surface area (Å²) in [5.74, 6) is 0.663. The Hall–Kier alpha value is -2.75. The minimum absolute atomic E-state index is 0.388. The first-order chi connectivity index (χ1) is 9.74. The van der Waals surface area contributed by atoms with Gasteiger partial charge in [0.1, 0.15) is 17.4 Å². The number of benzene rings is 2. The summed E-state index contributed by atoms with van der Waals surface area (Å²) in [5, 5.41) is 3.71. The number of nitrogens with two attached hydrogens (primary N) is 1. The predicted octanol–water partition coefficient (Wildman–Crippen LogP) is 3.19. The van der Waals surface area contributed by atoms with E-state index < -0.39 is 6.03 Å². The van der Waals surface area contributed by atoms with Crippen LogP contribution in [0.4, 0.5) is 4.79 Å². The molecule has 2 aromatic carbocycles. The molecule has 0 unspecified atom stereocenters. The lowest BCUT2D eigenvalue weighted by atomic mass is 10.0. The van der Waals surface area contributed by atoms with Gasteiger partial charge in [-0.2, -0.15) is 0 Å². The molecule has 3 aromatic rings. The van der Waals surface area contributed by atoms with Crippen molar-refractivity contribution in [3.8, 4) is 0 Å². The lowest BCUT2D eigenvalue weighted by Crippen LogP contribution is -2.33. The topological polar surface area (TPSA) is 68.3 Å². The first-order valence-electron chi connectivity index (χ1n) is 6.33. The van der Waals surface area contributed by atoms with Gasteiger partial charge < -0.3 is 15.5 Å². The van der Waals surface area contributed by atoms with Crippen LogP contribution in [0, 0.1) is 0 Å². The third-order valence-electron chi connectivity index (χ3n) is 3.15. The third kappa shape index (κ3) is 2.36. The normalized spacial score (nSPS) is 12.2. The molecule has 0 aliphatic heterocycles. The van der Waals surface area contributed by atoms with E-state index in [0.29, 0.717) is 5.76 Å². The molecule has 0 saturated carbocycles. The van der Waals surface area contributed by atoms with Crippen LogP contribution in [0.2, 0.25) is 0 Å². The Morgan fingerprint density at radius 3 is 2.45 bits per heavy atom. The fourth-order valence-corrected chi connectivity index (χ4v) is 2.25. The minimum atomic E-state index is -0.584. The van der Waals surface area contributed by atoms with Crippen LogP contribution in [0.1, 0.15) is 17.4 Å². The molecule has 1 heterocycles. The number of furan rings is 1. The van der Waals surface area contributed by atoms with E-state index in [2.05, 4.69) is 5.32 Å². The molecule has 0 fully saturated rings. The Balaban J connectivity index is 2.06. The maximum atomic E-state index is 11.2. The maximum absolute atomic E-state index is 11.2. The Morgan fingerprint density at radius 1 is 1.05 bits per heavy atom. The number of amides is 2. The van der Waals surface area contributed by atoms with Crippen molar-refractivity contribution in [2.75, 3.05) is 0 Å². The Morgan fingerprint density at radius 2 is 1.75 bits per heavy atom. The van der Waals surface area contributed by atoms with Gasteiger partial charge in [0.05, 0.1) is 0 Å². The quantitative estimate of drug-likeness (QED) is 0.764. The molecular weight excluding hydrogens is 252 g/mol. The van der Waals surface area contributed by atoms with Gasteiger partial charge >= 0.3 is 6.03 Å². The van der Waals surface area contributed by atoms with Crippen molar-refractivity contribution in [2.24, 2.45) is 5.73 Å². The van der Waals surface area contributed by atoms with E-state index in [1.807, 2.05) is 60.7 Å². The van der Waals surface area contributed by atoms with Gasteiger partial charge in [0, 0.05) is 5.39 Å². The van der Waals surface area contributed by atoms with Crippen LogP contribution in [-0.4, -0.2) is 6.03 Å². The summed E-state index contributed by atoms with van der Waals surface area (Å²) >= 11 is 0. The van der Waals surface area contributed by atoms with Crippen molar-refractivity contribution < 1.29 is 9.21 Å². The van der Waals surface area contributed by atoms with Crippen molar-refractivity contribution in [1.82, 2.24) is 5.32 Å². The van der Waals surface area contributed by atoms with Crippen LogP contribution in [0.3, 0.4) is 0 Å². The molecule has 2 amide bonds. The molecule has 4 nitrogen and oxygen atoms in total. The predicted molar refractivity (Wildman–Crippen MR) is 77.2 cm³/mol. The fraction of sp³-hybridized carbons (Fsp3) is 0.0625. The SMILES string of the molecule is NC(=O)N[C@@H](c1ccccc1)c1cc2ccccc2o1. The van der Waals surface area contributed by atoms with Crippen LogP contribution in [0.25, 0.3) is 11.0 Å². The summed E-state index contributed by atoms with van der Waals surface area (Å²) in [6, 6.07) is 18.3. The van der Waals surface area contributed by atoms with E-state index in [9.17, 15) is 4.79 Å². The third-order valence-corrected chi connectivity index (χ3v) is 3.15. The van der Waals surface area contributed by atoms with Gasteiger partial charge in [0.15, 0.2) is 0 Å². The van der Waals surface area contributed by atoms with Crippen molar-refractivity contribution in [3.63, 3.8) is 0 Å². The van der Waals surface area contributed by atoms with Crippen LogP contribution in [0.15, 0.2) is 65.1 Å². The molecule has 0 aliphatic carbocycles. The van der Waals surface area contributed by atoms with Crippen molar-refractivity contribution in [3.05, 3.63) is 72.0 Å². The number of hydrogen-bond acceptors (Lipinski definition) is 2. The molecule has 0 saturated heterocycles. The van der Waals surface area contributed by atoms with Gasteiger partial charge in [0.25, 0.3) is 0 Å². The van der Waals surface area contributed by atoms with Crippen molar-refractivity contribution >= 4 is 17.0 Å². The number of carbonyl (C=O) groups excluding carboxylic acids is 1. The monoisotopic (exact) mass is 266 g/mol. The lowest BCUT2D eigenvalue weighted by molar-refractivity contribution is 0.245.